The van der Waals surface area contributed by atoms with Crippen molar-refractivity contribution in [1.29, 1.82) is 0 Å². The van der Waals surface area contributed by atoms with E-state index in [1.807, 2.05) is 11.8 Å². The summed E-state index contributed by atoms with van der Waals surface area (Å²) in [6.07, 6.45) is 3.54. The molecule has 2 aliphatic rings. The van der Waals surface area contributed by atoms with Gasteiger partial charge in [0.25, 0.3) is 0 Å². The molecule has 2 amide bonds. The van der Waals surface area contributed by atoms with Crippen molar-refractivity contribution in [2.75, 3.05) is 6.54 Å². The molecular weight excluding hydrogens is 204 g/mol. The highest BCUT2D eigenvalue weighted by molar-refractivity contribution is 5.89. The first-order chi connectivity index (χ1) is 7.61. The van der Waals surface area contributed by atoms with Gasteiger partial charge in [0.1, 0.15) is 0 Å². The lowest BCUT2D eigenvalue weighted by atomic mass is 10.1. The third-order valence-electron chi connectivity index (χ3n) is 3.58. The van der Waals surface area contributed by atoms with Gasteiger partial charge in [-0.3, -0.25) is 9.59 Å². The van der Waals surface area contributed by atoms with Crippen LogP contribution in [0.5, 0.6) is 0 Å². The van der Waals surface area contributed by atoms with Crippen molar-refractivity contribution in [2.24, 2.45) is 5.92 Å². The molecule has 16 heavy (non-hydrogen) atoms. The lowest BCUT2D eigenvalue weighted by Gasteiger charge is -2.23. The van der Waals surface area contributed by atoms with E-state index in [4.69, 9.17) is 0 Å². The minimum Gasteiger partial charge on any atom is -0.353 e. The lowest BCUT2D eigenvalue weighted by molar-refractivity contribution is -0.130. The molecule has 0 bridgehead atoms. The topological polar surface area (TPSA) is 49.4 Å². The van der Waals surface area contributed by atoms with Crippen LogP contribution >= 0.6 is 0 Å². The van der Waals surface area contributed by atoms with Gasteiger partial charge in [-0.05, 0) is 26.2 Å². The second-order valence-electron chi connectivity index (χ2n) is 4.99. The first-order valence-electron chi connectivity index (χ1n) is 6.21. The zero-order chi connectivity index (χ0) is 11.7. The summed E-state index contributed by atoms with van der Waals surface area (Å²) in [5, 5.41) is 2.98. The minimum absolute atomic E-state index is 0.0710. The second-order valence-corrected chi connectivity index (χ2v) is 4.99. The van der Waals surface area contributed by atoms with Gasteiger partial charge in [0, 0.05) is 25.0 Å². The van der Waals surface area contributed by atoms with Gasteiger partial charge in [0.2, 0.25) is 11.8 Å². The van der Waals surface area contributed by atoms with Crippen LogP contribution in [-0.4, -0.2) is 35.3 Å². The molecule has 2 rings (SSSR count). The molecule has 1 aliphatic heterocycles. The Balaban J connectivity index is 1.89. The quantitative estimate of drug-likeness (QED) is 0.771. The smallest absolute Gasteiger partial charge is 0.225 e. The van der Waals surface area contributed by atoms with Crippen LogP contribution < -0.4 is 5.32 Å². The van der Waals surface area contributed by atoms with E-state index in [-0.39, 0.29) is 23.8 Å². The molecule has 2 fully saturated rings. The van der Waals surface area contributed by atoms with E-state index in [9.17, 15) is 9.59 Å². The number of rotatable bonds is 4. The molecule has 1 aliphatic carbocycles. The van der Waals surface area contributed by atoms with Crippen LogP contribution in [-0.2, 0) is 9.59 Å². The van der Waals surface area contributed by atoms with Crippen LogP contribution in [0.1, 0.15) is 39.5 Å². The van der Waals surface area contributed by atoms with Gasteiger partial charge >= 0.3 is 0 Å². The third-order valence-corrected chi connectivity index (χ3v) is 3.58. The monoisotopic (exact) mass is 224 g/mol. The van der Waals surface area contributed by atoms with E-state index in [0.29, 0.717) is 19.0 Å². The largest absolute Gasteiger partial charge is 0.353 e. The zero-order valence-electron chi connectivity index (χ0n) is 10.0. The Kier molecular flexibility index (Phi) is 3.17. The number of carbonyl (C=O) groups is 2. The zero-order valence-corrected chi connectivity index (χ0v) is 10.0. The Morgan fingerprint density at radius 1 is 1.56 bits per heavy atom. The Morgan fingerprint density at radius 2 is 2.25 bits per heavy atom. The summed E-state index contributed by atoms with van der Waals surface area (Å²) in [7, 11) is 0. The molecule has 90 valence electrons. The average Bonchev–Trinajstić information content (AvgIpc) is 2.98. The fourth-order valence-corrected chi connectivity index (χ4v) is 2.10. The van der Waals surface area contributed by atoms with E-state index >= 15 is 0 Å². The second kappa shape index (κ2) is 4.44. The number of nitrogens with one attached hydrogen (secondary N) is 1. The Morgan fingerprint density at radius 3 is 2.81 bits per heavy atom. The predicted octanol–water partition coefficient (Wildman–Crippen LogP) is 0.912. The molecular formula is C12H20N2O2. The maximum atomic E-state index is 11.8. The standard InChI is InChI=1S/C12H20N2O2/c1-3-8(2)14-7-9(6-11(14)15)12(16)13-10-4-5-10/h8-10H,3-7H2,1-2H3,(H,13,16). The van der Waals surface area contributed by atoms with Crippen molar-refractivity contribution in [1.82, 2.24) is 10.2 Å². The van der Waals surface area contributed by atoms with Gasteiger partial charge in [0.05, 0.1) is 5.92 Å². The minimum atomic E-state index is -0.123. The number of nitrogens with zero attached hydrogens (tertiary/aromatic N) is 1. The maximum Gasteiger partial charge on any atom is 0.225 e. The fraction of sp³-hybridized carbons (Fsp3) is 0.833. The van der Waals surface area contributed by atoms with Crippen LogP contribution in [0, 0.1) is 5.92 Å². The number of hydrogen-bond acceptors (Lipinski definition) is 2. The summed E-state index contributed by atoms with van der Waals surface area (Å²) in [4.78, 5) is 25.4. The van der Waals surface area contributed by atoms with E-state index in [1.165, 1.54) is 0 Å². The van der Waals surface area contributed by atoms with Crippen molar-refractivity contribution in [2.45, 2.75) is 51.6 Å². The molecule has 2 unspecified atom stereocenters. The van der Waals surface area contributed by atoms with Crippen molar-refractivity contribution in [3.8, 4) is 0 Å². The van der Waals surface area contributed by atoms with Gasteiger partial charge in [-0.15, -0.1) is 0 Å². The summed E-state index contributed by atoms with van der Waals surface area (Å²) in [6, 6.07) is 0.645. The van der Waals surface area contributed by atoms with Crippen LogP contribution in [0.3, 0.4) is 0 Å². The molecule has 4 nitrogen and oxygen atoms in total. The summed E-state index contributed by atoms with van der Waals surface area (Å²) in [6.45, 7) is 4.71. The summed E-state index contributed by atoms with van der Waals surface area (Å²) in [5.74, 6) is 0.0778. The van der Waals surface area contributed by atoms with Crippen molar-refractivity contribution >= 4 is 11.8 Å². The first-order valence-corrected chi connectivity index (χ1v) is 6.21. The molecule has 0 spiro atoms. The molecule has 1 saturated heterocycles. The van der Waals surface area contributed by atoms with Crippen molar-refractivity contribution < 1.29 is 9.59 Å². The van der Waals surface area contributed by atoms with E-state index in [1.54, 1.807) is 0 Å². The molecule has 1 heterocycles. The van der Waals surface area contributed by atoms with Crippen LogP contribution in [0.25, 0.3) is 0 Å². The van der Waals surface area contributed by atoms with Crippen LogP contribution in [0.2, 0.25) is 0 Å². The van der Waals surface area contributed by atoms with Crippen LogP contribution in [0.4, 0.5) is 0 Å². The van der Waals surface area contributed by atoms with Crippen molar-refractivity contribution in [3.63, 3.8) is 0 Å². The van der Waals surface area contributed by atoms with E-state index in [2.05, 4.69) is 12.2 Å². The molecule has 4 heteroatoms. The first kappa shape index (κ1) is 11.4. The molecule has 0 aromatic rings. The molecule has 1 saturated carbocycles. The Bertz CT molecular complexity index is 299. The Hall–Kier alpha value is -1.06. The molecule has 0 aromatic carbocycles. The molecule has 0 radical (unpaired) electrons. The SMILES string of the molecule is CCC(C)N1CC(C(=O)NC2CC2)CC1=O. The lowest BCUT2D eigenvalue weighted by Crippen LogP contribution is -2.37. The van der Waals surface area contributed by atoms with Gasteiger partial charge in [-0.25, -0.2) is 0 Å². The van der Waals surface area contributed by atoms with Gasteiger partial charge in [0.15, 0.2) is 0 Å². The van der Waals surface area contributed by atoms with Gasteiger partial charge < -0.3 is 10.2 Å². The Labute approximate surface area is 96.4 Å². The van der Waals surface area contributed by atoms with E-state index in [0.717, 1.165) is 19.3 Å². The summed E-state index contributed by atoms with van der Waals surface area (Å²) in [5.41, 5.74) is 0. The number of amides is 2. The fourth-order valence-electron chi connectivity index (χ4n) is 2.10. The van der Waals surface area contributed by atoms with Gasteiger partial charge in [-0.1, -0.05) is 6.92 Å². The maximum absolute atomic E-state index is 11.8. The highest BCUT2D eigenvalue weighted by Crippen LogP contribution is 2.24. The average molecular weight is 224 g/mol. The van der Waals surface area contributed by atoms with Crippen molar-refractivity contribution in [3.05, 3.63) is 0 Å². The van der Waals surface area contributed by atoms with Gasteiger partial charge in [-0.2, -0.15) is 0 Å². The molecule has 2 atom stereocenters. The van der Waals surface area contributed by atoms with E-state index < -0.39 is 0 Å². The molecule has 0 aromatic heterocycles. The number of likely N-dealkylation sites (tertiary alicyclic amines) is 1. The summed E-state index contributed by atoms with van der Waals surface area (Å²) < 4.78 is 0. The van der Waals surface area contributed by atoms with Crippen LogP contribution in [0.15, 0.2) is 0 Å². The third kappa shape index (κ3) is 2.36. The molecule has 1 N–H and O–H groups in total. The summed E-state index contributed by atoms with van der Waals surface area (Å²) >= 11 is 0. The normalized spacial score (nSPS) is 27.0. The number of hydrogen-bond donors (Lipinski definition) is 1. The predicted molar refractivity (Wildman–Crippen MR) is 60.7 cm³/mol. The highest BCUT2D eigenvalue weighted by atomic mass is 16.2. The number of carbonyl (C=O) groups excluding carboxylic acids is 2. The highest BCUT2D eigenvalue weighted by Gasteiger charge is 2.37.